The number of carbonyl (C=O) groups is 1. The smallest absolute Gasteiger partial charge is 0.285 e. The summed E-state index contributed by atoms with van der Waals surface area (Å²) in [5.74, 6) is -0.525. The molecule has 1 amide bonds. The van der Waals surface area contributed by atoms with Crippen molar-refractivity contribution in [2.45, 2.75) is 31.9 Å². The molecule has 0 saturated heterocycles. The average Bonchev–Trinajstić information content (AvgIpc) is 3.28. The van der Waals surface area contributed by atoms with Crippen LogP contribution in [0.5, 0.6) is 11.5 Å². The van der Waals surface area contributed by atoms with Crippen molar-refractivity contribution >= 4 is 17.7 Å². The molecule has 0 unspecified atom stereocenters. The molecule has 3 N–H and O–H groups in total. The quantitative estimate of drug-likeness (QED) is 0.528. The van der Waals surface area contributed by atoms with Crippen LogP contribution < -0.4 is 5.32 Å². The van der Waals surface area contributed by atoms with Crippen molar-refractivity contribution in [3.8, 4) is 34.2 Å². The molecule has 0 atom stereocenters. The van der Waals surface area contributed by atoms with E-state index in [2.05, 4.69) is 20.6 Å². The van der Waals surface area contributed by atoms with E-state index < -0.39 is 5.91 Å². The number of phenols is 2. The lowest BCUT2D eigenvalue weighted by Gasteiger charge is -2.11. The molecule has 0 aliphatic carbocycles. The van der Waals surface area contributed by atoms with Gasteiger partial charge in [0, 0.05) is 12.6 Å². The van der Waals surface area contributed by atoms with Crippen LogP contribution in [-0.2, 0) is 0 Å². The highest BCUT2D eigenvalue weighted by molar-refractivity contribution is 7.98. The Morgan fingerprint density at radius 1 is 1.21 bits per heavy atom. The summed E-state index contributed by atoms with van der Waals surface area (Å²) in [6, 6.07) is 2.82. The number of nitrogens with zero attached hydrogens (tertiary/aromatic N) is 3. The second-order valence-electron chi connectivity index (χ2n) is 6.27. The van der Waals surface area contributed by atoms with Gasteiger partial charge < -0.3 is 24.6 Å². The summed E-state index contributed by atoms with van der Waals surface area (Å²) in [6.07, 6.45) is 1.78. The summed E-state index contributed by atoms with van der Waals surface area (Å²) >= 11 is 1.25. The van der Waals surface area contributed by atoms with Crippen LogP contribution in [0.25, 0.3) is 22.7 Å². The number of benzene rings is 1. The van der Waals surface area contributed by atoms with Gasteiger partial charge in [-0.1, -0.05) is 35.9 Å². The lowest BCUT2D eigenvalue weighted by Crippen LogP contribution is -2.23. The van der Waals surface area contributed by atoms with Crippen LogP contribution in [0.4, 0.5) is 0 Å². The molecule has 3 rings (SSSR count). The lowest BCUT2D eigenvalue weighted by molar-refractivity contribution is 0.0947. The molecule has 0 radical (unpaired) electrons. The number of rotatable bonds is 6. The summed E-state index contributed by atoms with van der Waals surface area (Å²) in [4.78, 5) is 16.7. The van der Waals surface area contributed by atoms with Crippen LogP contribution in [0.15, 0.2) is 26.4 Å². The number of thioether (sulfide) groups is 1. The van der Waals surface area contributed by atoms with E-state index in [0.717, 1.165) is 0 Å². The van der Waals surface area contributed by atoms with E-state index in [1.165, 1.54) is 17.8 Å². The fourth-order valence-corrected chi connectivity index (χ4v) is 3.00. The van der Waals surface area contributed by atoms with Gasteiger partial charge in [0.15, 0.2) is 11.5 Å². The van der Waals surface area contributed by atoms with E-state index >= 15 is 0 Å². The Hall–Kier alpha value is -3.01. The van der Waals surface area contributed by atoms with Gasteiger partial charge in [-0.2, -0.15) is 4.98 Å². The number of amides is 1. The third-order valence-electron chi connectivity index (χ3n) is 4.06. The first-order valence-electron chi connectivity index (χ1n) is 8.59. The normalized spacial score (nSPS) is 11.2. The van der Waals surface area contributed by atoms with Gasteiger partial charge in [-0.25, -0.2) is 0 Å². The van der Waals surface area contributed by atoms with Gasteiger partial charge in [-0.05, 0) is 30.7 Å². The Labute approximate surface area is 165 Å². The highest BCUT2D eigenvalue weighted by Crippen LogP contribution is 2.42. The van der Waals surface area contributed by atoms with Crippen molar-refractivity contribution in [3.63, 3.8) is 0 Å². The van der Waals surface area contributed by atoms with Gasteiger partial charge in [-0.15, -0.1) is 0 Å². The summed E-state index contributed by atoms with van der Waals surface area (Å²) in [5, 5.41) is 31.3. The molecule has 2 aromatic heterocycles. The second kappa shape index (κ2) is 7.93. The van der Waals surface area contributed by atoms with Crippen molar-refractivity contribution in [2.75, 3.05) is 12.8 Å². The van der Waals surface area contributed by atoms with Gasteiger partial charge in [0.05, 0.1) is 5.56 Å². The number of hydrogen-bond acceptors (Lipinski definition) is 9. The predicted molar refractivity (Wildman–Crippen MR) is 102 cm³/mol. The van der Waals surface area contributed by atoms with E-state index in [1.807, 2.05) is 13.8 Å². The maximum atomic E-state index is 12.4. The maximum Gasteiger partial charge on any atom is 0.285 e. The zero-order valence-electron chi connectivity index (χ0n) is 15.8. The largest absolute Gasteiger partial charge is 0.508 e. The van der Waals surface area contributed by atoms with E-state index in [-0.39, 0.29) is 45.8 Å². The van der Waals surface area contributed by atoms with Crippen molar-refractivity contribution < 1.29 is 24.1 Å². The highest BCUT2D eigenvalue weighted by atomic mass is 32.2. The fourth-order valence-electron chi connectivity index (χ4n) is 2.71. The molecular formula is C18H20N4O5S. The first-order valence-corrected chi connectivity index (χ1v) is 9.82. The zero-order chi connectivity index (χ0) is 20.4. The number of phenolic OH excluding ortho intramolecular Hbond substituents is 2. The molecule has 10 heteroatoms. The fraction of sp³-hybridized carbons (Fsp3) is 0.333. The summed E-state index contributed by atoms with van der Waals surface area (Å²) in [7, 11) is 0. The highest BCUT2D eigenvalue weighted by Gasteiger charge is 2.29. The molecule has 0 spiro atoms. The van der Waals surface area contributed by atoms with E-state index in [4.69, 9.17) is 9.05 Å². The summed E-state index contributed by atoms with van der Waals surface area (Å²) < 4.78 is 10.6. The topological polar surface area (TPSA) is 135 Å². The molecule has 28 heavy (non-hydrogen) atoms. The van der Waals surface area contributed by atoms with Gasteiger partial charge in [0.1, 0.15) is 17.1 Å². The van der Waals surface area contributed by atoms with E-state index in [9.17, 15) is 15.0 Å². The van der Waals surface area contributed by atoms with E-state index in [1.54, 1.807) is 19.2 Å². The molecule has 0 aliphatic heterocycles. The molecule has 3 aromatic rings. The third-order valence-corrected chi connectivity index (χ3v) is 4.58. The first kappa shape index (κ1) is 19.7. The molecule has 0 bridgehead atoms. The standard InChI is InChI=1S/C18H20N4O5S/c1-5-19-17(25)14-13(16-20-18(28-4)27-22-16)15(26-21-14)10-6-9(8(2)3)11(23)7-12(10)24/h6-8,23-24H,5H2,1-4H3,(H,19,25). The minimum Gasteiger partial charge on any atom is -0.508 e. The zero-order valence-corrected chi connectivity index (χ0v) is 16.6. The molecule has 148 valence electrons. The van der Waals surface area contributed by atoms with Gasteiger partial charge in [0.2, 0.25) is 5.82 Å². The molecular weight excluding hydrogens is 384 g/mol. The molecule has 2 heterocycles. The van der Waals surface area contributed by atoms with E-state index in [0.29, 0.717) is 17.3 Å². The predicted octanol–water partition coefficient (Wildman–Crippen LogP) is 3.40. The third kappa shape index (κ3) is 3.55. The van der Waals surface area contributed by atoms with Crippen LogP contribution in [0.2, 0.25) is 0 Å². The minimum atomic E-state index is -0.467. The van der Waals surface area contributed by atoms with Crippen LogP contribution in [0.3, 0.4) is 0 Å². The Balaban J connectivity index is 2.25. The monoisotopic (exact) mass is 404 g/mol. The van der Waals surface area contributed by atoms with Crippen molar-refractivity contribution in [1.29, 1.82) is 0 Å². The molecule has 1 aromatic carbocycles. The van der Waals surface area contributed by atoms with Gasteiger partial charge >= 0.3 is 0 Å². The summed E-state index contributed by atoms with van der Waals surface area (Å²) in [6.45, 7) is 5.98. The van der Waals surface area contributed by atoms with Crippen molar-refractivity contribution in [2.24, 2.45) is 0 Å². The number of aromatic nitrogens is 3. The maximum absolute atomic E-state index is 12.4. The Morgan fingerprint density at radius 2 is 1.96 bits per heavy atom. The van der Waals surface area contributed by atoms with Crippen molar-refractivity contribution in [1.82, 2.24) is 20.6 Å². The Bertz CT molecular complexity index is 1010. The van der Waals surface area contributed by atoms with Crippen LogP contribution >= 0.6 is 11.8 Å². The molecule has 0 saturated carbocycles. The van der Waals surface area contributed by atoms with Gasteiger partial charge in [-0.3, -0.25) is 4.79 Å². The molecule has 9 nitrogen and oxygen atoms in total. The number of hydrogen-bond donors (Lipinski definition) is 3. The van der Waals surface area contributed by atoms with Crippen molar-refractivity contribution in [3.05, 3.63) is 23.4 Å². The van der Waals surface area contributed by atoms with Crippen LogP contribution in [0, 0.1) is 0 Å². The number of carbonyl (C=O) groups excluding carboxylic acids is 1. The van der Waals surface area contributed by atoms with Gasteiger partial charge in [0.25, 0.3) is 11.1 Å². The lowest BCUT2D eigenvalue weighted by atomic mass is 9.96. The number of aromatic hydroxyl groups is 2. The van der Waals surface area contributed by atoms with Crippen LogP contribution in [-0.4, -0.2) is 44.2 Å². The molecule has 0 fully saturated rings. The SMILES string of the molecule is CCNC(=O)c1noc(-c2cc(C(C)C)c(O)cc2O)c1-c1noc(SC)n1. The second-order valence-corrected chi connectivity index (χ2v) is 7.02. The van der Waals surface area contributed by atoms with Crippen LogP contribution in [0.1, 0.15) is 42.7 Å². The molecule has 0 aliphatic rings. The number of nitrogens with one attached hydrogen (secondary N) is 1. The first-order chi connectivity index (χ1) is 13.4. The minimum absolute atomic E-state index is 0.0122. The average molecular weight is 404 g/mol. The summed E-state index contributed by atoms with van der Waals surface area (Å²) in [5.41, 5.74) is 1.04. The Kier molecular flexibility index (Phi) is 5.59. The Morgan fingerprint density at radius 3 is 2.57 bits per heavy atom.